The van der Waals surface area contributed by atoms with Crippen LogP contribution in [0.3, 0.4) is 0 Å². The van der Waals surface area contributed by atoms with Gasteiger partial charge in [0, 0.05) is 12.5 Å². The van der Waals surface area contributed by atoms with Crippen LogP contribution in [0, 0.1) is 12.7 Å². The third kappa shape index (κ3) is 7.63. The Morgan fingerprint density at radius 1 is 1.35 bits per heavy atom. The number of hydrogen-bond donors (Lipinski definition) is 2. The van der Waals surface area contributed by atoms with Crippen LogP contribution in [0.1, 0.15) is 44.7 Å². The molecule has 0 aromatic heterocycles. The molecule has 2 N–H and O–H groups in total. The van der Waals surface area contributed by atoms with Gasteiger partial charge >= 0.3 is 12.1 Å². The number of amides is 1. The minimum atomic E-state index is -0.967. The number of carbonyl (C=O) groups is 2. The molecule has 0 aliphatic heterocycles. The molecule has 6 heteroatoms. The Balaban J connectivity index is 2.81. The second-order valence-corrected chi connectivity index (χ2v) is 6.57. The van der Waals surface area contributed by atoms with E-state index in [0.717, 1.165) is 5.56 Å². The van der Waals surface area contributed by atoms with Crippen LogP contribution >= 0.6 is 0 Å². The van der Waals surface area contributed by atoms with Gasteiger partial charge in [0.2, 0.25) is 0 Å². The maximum Gasteiger partial charge on any atom is 0.407 e. The molecule has 0 aliphatic carbocycles. The molecule has 0 fully saturated rings. The molecule has 128 valence electrons. The van der Waals surface area contributed by atoms with Crippen molar-refractivity contribution in [1.29, 1.82) is 0 Å². The van der Waals surface area contributed by atoms with Gasteiger partial charge in [-0.3, -0.25) is 4.79 Å². The maximum absolute atomic E-state index is 13.9. The highest BCUT2D eigenvalue weighted by Crippen LogP contribution is 2.15. The number of carboxylic acid groups (broad SMARTS) is 1. The molecule has 0 saturated heterocycles. The summed E-state index contributed by atoms with van der Waals surface area (Å²) in [4.78, 5) is 22.7. The molecule has 5 nitrogen and oxygen atoms in total. The lowest BCUT2D eigenvalue weighted by Crippen LogP contribution is -2.40. The highest BCUT2D eigenvalue weighted by Gasteiger charge is 2.21. The van der Waals surface area contributed by atoms with Crippen molar-refractivity contribution in [3.63, 3.8) is 0 Å². The summed E-state index contributed by atoms with van der Waals surface area (Å²) in [6, 6.07) is 4.20. The second kappa shape index (κ2) is 7.94. The molecule has 0 aliphatic rings. The topological polar surface area (TPSA) is 75.6 Å². The first-order chi connectivity index (χ1) is 10.6. The van der Waals surface area contributed by atoms with E-state index >= 15 is 0 Å². The molecule has 1 aromatic rings. The van der Waals surface area contributed by atoms with Crippen molar-refractivity contribution in [2.24, 2.45) is 0 Å². The van der Waals surface area contributed by atoms with E-state index < -0.39 is 23.7 Å². The van der Waals surface area contributed by atoms with E-state index in [-0.39, 0.29) is 25.1 Å². The molecule has 0 bridgehead atoms. The number of aliphatic carboxylic acids is 1. The Bertz CT molecular complexity index is 566. The van der Waals surface area contributed by atoms with E-state index in [1.807, 2.05) is 6.92 Å². The van der Waals surface area contributed by atoms with E-state index in [9.17, 15) is 14.0 Å². The summed E-state index contributed by atoms with van der Waals surface area (Å²) in [6.07, 6.45) is -0.350. The molecule has 23 heavy (non-hydrogen) atoms. The number of nitrogens with one attached hydrogen (secondary N) is 1. The first kappa shape index (κ1) is 18.9. The first-order valence-electron chi connectivity index (χ1n) is 7.53. The first-order valence-corrected chi connectivity index (χ1v) is 7.53. The normalized spacial score (nSPS) is 12.6. The fourth-order valence-corrected chi connectivity index (χ4v) is 2.12. The monoisotopic (exact) mass is 325 g/mol. The number of ether oxygens (including phenoxy) is 1. The molecular weight excluding hydrogens is 301 g/mol. The molecule has 1 rings (SSSR count). The van der Waals surface area contributed by atoms with Crippen LogP contribution in [0.2, 0.25) is 0 Å². The zero-order valence-corrected chi connectivity index (χ0v) is 14.0. The van der Waals surface area contributed by atoms with Crippen LogP contribution in [-0.4, -0.2) is 28.8 Å². The number of aryl methyl sites for hydroxylation is 1. The molecule has 0 saturated carbocycles. The highest BCUT2D eigenvalue weighted by atomic mass is 19.1. The van der Waals surface area contributed by atoms with Gasteiger partial charge in [0.1, 0.15) is 11.4 Å². The van der Waals surface area contributed by atoms with Crippen LogP contribution in [0.25, 0.3) is 0 Å². The highest BCUT2D eigenvalue weighted by molar-refractivity contribution is 5.69. The standard InChI is InChI=1S/C17H24FNO4/c1-11-5-7-14(18)12(9-11)10-13(6-8-15(20)21)19-16(22)23-17(2,3)4/h5,7,9,13H,6,8,10H2,1-4H3,(H,19,22)(H,20,21). The number of halogens is 1. The molecule has 0 spiro atoms. The fraction of sp³-hybridized carbons (Fsp3) is 0.529. The summed E-state index contributed by atoms with van der Waals surface area (Å²) in [5, 5.41) is 11.5. The SMILES string of the molecule is Cc1ccc(F)c(CC(CCC(=O)O)NC(=O)OC(C)(C)C)c1. The van der Waals surface area contributed by atoms with E-state index in [0.29, 0.717) is 5.56 Å². The second-order valence-electron chi connectivity index (χ2n) is 6.57. The molecule has 1 atom stereocenters. The summed E-state index contributed by atoms with van der Waals surface area (Å²) in [7, 11) is 0. The van der Waals surface area contributed by atoms with Crippen LogP contribution in [0.5, 0.6) is 0 Å². The van der Waals surface area contributed by atoms with E-state index in [1.165, 1.54) is 6.07 Å². The zero-order chi connectivity index (χ0) is 17.6. The van der Waals surface area contributed by atoms with Gasteiger partial charge in [-0.2, -0.15) is 0 Å². The predicted molar refractivity (Wildman–Crippen MR) is 84.9 cm³/mol. The van der Waals surface area contributed by atoms with Crippen molar-refractivity contribution in [3.05, 3.63) is 35.1 Å². The van der Waals surface area contributed by atoms with Gasteiger partial charge in [0.05, 0.1) is 0 Å². The quantitative estimate of drug-likeness (QED) is 0.840. The molecule has 1 aromatic carbocycles. The molecular formula is C17H24FNO4. The van der Waals surface area contributed by atoms with Crippen LogP contribution in [0.4, 0.5) is 9.18 Å². The minimum Gasteiger partial charge on any atom is -0.481 e. The number of benzene rings is 1. The molecule has 0 radical (unpaired) electrons. The van der Waals surface area contributed by atoms with Crippen LogP contribution < -0.4 is 5.32 Å². The van der Waals surface area contributed by atoms with Gasteiger partial charge in [0.25, 0.3) is 0 Å². The molecule has 1 unspecified atom stereocenters. The smallest absolute Gasteiger partial charge is 0.407 e. The Morgan fingerprint density at radius 3 is 2.57 bits per heavy atom. The fourth-order valence-electron chi connectivity index (χ4n) is 2.12. The summed E-state index contributed by atoms with van der Waals surface area (Å²) in [6.45, 7) is 7.05. The Hall–Kier alpha value is -2.11. The largest absolute Gasteiger partial charge is 0.481 e. The Kier molecular flexibility index (Phi) is 6.54. The van der Waals surface area contributed by atoms with Gasteiger partial charge in [-0.1, -0.05) is 17.7 Å². The Morgan fingerprint density at radius 2 is 2.00 bits per heavy atom. The van der Waals surface area contributed by atoms with Crippen molar-refractivity contribution < 1.29 is 23.8 Å². The van der Waals surface area contributed by atoms with Crippen molar-refractivity contribution in [2.75, 3.05) is 0 Å². The lowest BCUT2D eigenvalue weighted by molar-refractivity contribution is -0.137. The lowest BCUT2D eigenvalue weighted by Gasteiger charge is -2.23. The maximum atomic E-state index is 13.9. The Labute approximate surface area is 135 Å². The lowest BCUT2D eigenvalue weighted by atomic mass is 10.00. The summed E-state index contributed by atoms with van der Waals surface area (Å²) >= 11 is 0. The molecule has 0 heterocycles. The molecule has 1 amide bonds. The minimum absolute atomic E-state index is 0.117. The van der Waals surface area contributed by atoms with Crippen molar-refractivity contribution >= 4 is 12.1 Å². The van der Waals surface area contributed by atoms with Crippen LogP contribution in [-0.2, 0) is 16.0 Å². The van der Waals surface area contributed by atoms with E-state index in [1.54, 1.807) is 32.9 Å². The number of rotatable bonds is 6. The third-order valence-electron chi connectivity index (χ3n) is 3.10. The van der Waals surface area contributed by atoms with E-state index in [2.05, 4.69) is 5.32 Å². The van der Waals surface area contributed by atoms with Gasteiger partial charge in [-0.05, 0) is 52.2 Å². The van der Waals surface area contributed by atoms with Crippen molar-refractivity contribution in [3.8, 4) is 0 Å². The van der Waals surface area contributed by atoms with E-state index in [4.69, 9.17) is 9.84 Å². The predicted octanol–water partition coefficient (Wildman–Crippen LogP) is 3.43. The number of hydrogen-bond acceptors (Lipinski definition) is 3. The number of carbonyl (C=O) groups excluding carboxylic acids is 1. The van der Waals surface area contributed by atoms with Crippen molar-refractivity contribution in [1.82, 2.24) is 5.32 Å². The van der Waals surface area contributed by atoms with Gasteiger partial charge in [-0.15, -0.1) is 0 Å². The van der Waals surface area contributed by atoms with Gasteiger partial charge in [-0.25, -0.2) is 9.18 Å². The average molecular weight is 325 g/mol. The number of carboxylic acids is 1. The van der Waals surface area contributed by atoms with Crippen molar-refractivity contribution in [2.45, 2.75) is 58.6 Å². The summed E-state index contributed by atoms with van der Waals surface area (Å²) in [5.74, 6) is -1.34. The third-order valence-corrected chi connectivity index (χ3v) is 3.10. The van der Waals surface area contributed by atoms with Crippen LogP contribution in [0.15, 0.2) is 18.2 Å². The zero-order valence-electron chi connectivity index (χ0n) is 14.0. The number of alkyl carbamates (subject to hydrolysis) is 1. The summed E-state index contributed by atoms with van der Waals surface area (Å²) < 4.78 is 19.1. The van der Waals surface area contributed by atoms with Gasteiger partial charge < -0.3 is 15.2 Å². The summed E-state index contributed by atoms with van der Waals surface area (Å²) in [5.41, 5.74) is 0.683. The average Bonchev–Trinajstić information content (AvgIpc) is 2.38. The van der Waals surface area contributed by atoms with Gasteiger partial charge in [0.15, 0.2) is 0 Å².